The molecule has 1 aromatic rings. The fourth-order valence-corrected chi connectivity index (χ4v) is 3.14. The van der Waals surface area contributed by atoms with Crippen LogP contribution in [0.3, 0.4) is 0 Å². The average Bonchev–Trinajstić information content (AvgIpc) is 2.39. The fraction of sp³-hybridized carbons (Fsp3) is 0.462. The molecule has 0 fully saturated rings. The average molecular weight is 348 g/mol. The highest BCUT2D eigenvalue weighted by Crippen LogP contribution is 2.25. The summed E-state index contributed by atoms with van der Waals surface area (Å²) in [6, 6.07) is -0.0861. The number of hydrogen-bond donors (Lipinski definition) is 2. The third-order valence-electron chi connectivity index (χ3n) is 3.10. The minimum atomic E-state index is -4.42. The fourth-order valence-electron chi connectivity index (χ4n) is 1.91. The molecule has 10 heteroatoms. The molecule has 23 heavy (non-hydrogen) atoms. The molecule has 1 rings (SSSR count). The van der Waals surface area contributed by atoms with Crippen LogP contribution in [0.15, 0.2) is 17.0 Å². The van der Waals surface area contributed by atoms with E-state index < -0.39 is 43.4 Å². The first kappa shape index (κ1) is 19.0. The monoisotopic (exact) mass is 348 g/mol. The molecule has 0 amide bonds. The van der Waals surface area contributed by atoms with Gasteiger partial charge in [0.1, 0.15) is 11.9 Å². The van der Waals surface area contributed by atoms with Gasteiger partial charge >= 0.3 is 5.97 Å². The van der Waals surface area contributed by atoms with Crippen molar-refractivity contribution in [2.75, 3.05) is 0 Å². The summed E-state index contributed by atoms with van der Waals surface area (Å²) in [6.07, 6.45) is 0.0188. The second-order valence-corrected chi connectivity index (χ2v) is 7.16. The summed E-state index contributed by atoms with van der Waals surface area (Å²) < 4.78 is 40.1. The molecular weight excluding hydrogens is 331 g/mol. The van der Waals surface area contributed by atoms with Crippen molar-refractivity contribution in [2.45, 2.75) is 38.1 Å². The number of rotatable bonds is 7. The largest absolute Gasteiger partial charge is 0.480 e. The van der Waals surface area contributed by atoms with Gasteiger partial charge in [0.25, 0.3) is 5.69 Å². The van der Waals surface area contributed by atoms with Gasteiger partial charge in [0.05, 0.1) is 15.4 Å². The first-order valence-electron chi connectivity index (χ1n) is 6.65. The summed E-state index contributed by atoms with van der Waals surface area (Å²) in [5.74, 6) is -2.55. The first-order chi connectivity index (χ1) is 10.5. The van der Waals surface area contributed by atoms with E-state index in [1.165, 1.54) is 0 Å². The normalized spacial score (nSPS) is 13.1. The van der Waals surface area contributed by atoms with E-state index in [1.807, 2.05) is 4.72 Å². The Labute approximate surface area is 132 Å². The van der Waals surface area contributed by atoms with Crippen LogP contribution in [-0.4, -0.2) is 30.5 Å². The maximum absolute atomic E-state index is 13.7. The van der Waals surface area contributed by atoms with Crippen LogP contribution in [0.2, 0.25) is 0 Å². The molecule has 0 saturated carbocycles. The van der Waals surface area contributed by atoms with E-state index in [4.69, 9.17) is 5.11 Å². The zero-order valence-corrected chi connectivity index (χ0v) is 13.6. The van der Waals surface area contributed by atoms with Gasteiger partial charge in [-0.15, -0.1) is 0 Å². The van der Waals surface area contributed by atoms with Crippen molar-refractivity contribution in [3.8, 4) is 0 Å². The SMILES string of the molecule is Cc1c(F)cc(S(=O)(=O)N[C@@H](CC(C)C)C(=O)O)cc1[N+](=O)[O-]. The lowest BCUT2D eigenvalue weighted by molar-refractivity contribution is -0.385. The van der Waals surface area contributed by atoms with Crippen molar-refractivity contribution >= 4 is 21.7 Å². The van der Waals surface area contributed by atoms with Crippen LogP contribution in [0, 0.1) is 28.8 Å². The third kappa shape index (κ3) is 4.70. The molecule has 2 N–H and O–H groups in total. The minimum absolute atomic E-state index is 0.0188. The van der Waals surface area contributed by atoms with E-state index in [0.29, 0.717) is 12.1 Å². The first-order valence-corrected chi connectivity index (χ1v) is 8.13. The molecule has 0 heterocycles. The standard InChI is InChI=1S/C13H17FN2O6S/c1-7(2)4-11(13(17)18)15-23(21,22)9-5-10(14)8(3)12(6-9)16(19)20/h5-7,11,15H,4H2,1-3H3,(H,17,18)/t11-/m0/s1. The van der Waals surface area contributed by atoms with E-state index in [0.717, 1.165) is 6.92 Å². The summed E-state index contributed by atoms with van der Waals surface area (Å²) in [5, 5.41) is 19.9. The summed E-state index contributed by atoms with van der Waals surface area (Å²) in [6.45, 7) is 4.57. The van der Waals surface area contributed by atoms with Crippen LogP contribution >= 0.6 is 0 Å². The van der Waals surface area contributed by atoms with Gasteiger partial charge in [-0.3, -0.25) is 14.9 Å². The molecule has 0 bridgehead atoms. The Balaban J connectivity index is 3.28. The number of aliphatic carboxylic acids is 1. The van der Waals surface area contributed by atoms with E-state index in [1.54, 1.807) is 13.8 Å². The topological polar surface area (TPSA) is 127 Å². The molecule has 0 saturated heterocycles. The highest BCUT2D eigenvalue weighted by molar-refractivity contribution is 7.89. The van der Waals surface area contributed by atoms with Crippen molar-refractivity contribution in [1.82, 2.24) is 4.72 Å². The van der Waals surface area contributed by atoms with Gasteiger partial charge in [-0.1, -0.05) is 13.8 Å². The van der Waals surface area contributed by atoms with Gasteiger partial charge < -0.3 is 5.11 Å². The molecule has 0 aromatic heterocycles. The van der Waals surface area contributed by atoms with Crippen molar-refractivity contribution in [2.24, 2.45) is 5.92 Å². The molecule has 8 nitrogen and oxygen atoms in total. The van der Waals surface area contributed by atoms with Crippen LogP contribution in [0.25, 0.3) is 0 Å². The summed E-state index contributed by atoms with van der Waals surface area (Å²) in [4.78, 5) is 20.4. The van der Waals surface area contributed by atoms with E-state index in [-0.39, 0.29) is 17.9 Å². The molecule has 1 aromatic carbocycles. The van der Waals surface area contributed by atoms with Gasteiger partial charge in [-0.05, 0) is 25.3 Å². The molecule has 0 spiro atoms. The lowest BCUT2D eigenvalue weighted by Gasteiger charge is -2.16. The number of nitrogens with zero attached hydrogens (tertiary/aromatic N) is 1. The predicted molar refractivity (Wildman–Crippen MR) is 79.0 cm³/mol. The number of nitro benzene ring substituents is 1. The van der Waals surface area contributed by atoms with Crippen molar-refractivity contribution < 1.29 is 27.6 Å². The molecule has 0 unspecified atom stereocenters. The summed E-state index contributed by atoms with van der Waals surface area (Å²) in [5.41, 5.74) is -0.993. The highest BCUT2D eigenvalue weighted by atomic mass is 32.2. The molecule has 1 atom stereocenters. The van der Waals surface area contributed by atoms with Gasteiger partial charge in [0.15, 0.2) is 0 Å². The number of carboxylic acid groups (broad SMARTS) is 1. The highest BCUT2D eigenvalue weighted by Gasteiger charge is 2.28. The third-order valence-corrected chi connectivity index (χ3v) is 4.55. The van der Waals surface area contributed by atoms with Gasteiger partial charge in [0.2, 0.25) is 10.0 Å². The number of halogens is 1. The Morgan fingerprint density at radius 3 is 2.43 bits per heavy atom. The van der Waals surface area contributed by atoms with Crippen LogP contribution in [0.4, 0.5) is 10.1 Å². The molecule has 0 radical (unpaired) electrons. The Morgan fingerprint density at radius 1 is 1.43 bits per heavy atom. The predicted octanol–water partition coefficient (Wildman–Crippen LogP) is 1.82. The Hall–Kier alpha value is -2.07. The van der Waals surface area contributed by atoms with Crippen LogP contribution in [0.1, 0.15) is 25.8 Å². The Bertz CT molecular complexity index is 732. The van der Waals surface area contributed by atoms with Crippen molar-refractivity contribution in [3.05, 3.63) is 33.6 Å². The lowest BCUT2D eigenvalue weighted by atomic mass is 10.1. The van der Waals surface area contributed by atoms with Gasteiger partial charge in [-0.25, -0.2) is 12.8 Å². The molecular formula is C13H17FN2O6S. The lowest BCUT2D eigenvalue weighted by Crippen LogP contribution is -2.41. The second-order valence-electron chi connectivity index (χ2n) is 5.45. The summed E-state index contributed by atoms with van der Waals surface area (Å²) in [7, 11) is -4.42. The Kier molecular flexibility index (Phi) is 5.78. The van der Waals surface area contributed by atoms with Crippen molar-refractivity contribution in [1.29, 1.82) is 0 Å². The van der Waals surface area contributed by atoms with E-state index in [9.17, 15) is 27.7 Å². The van der Waals surface area contributed by atoms with E-state index >= 15 is 0 Å². The number of benzene rings is 1. The number of sulfonamides is 1. The smallest absolute Gasteiger partial charge is 0.321 e. The number of nitro groups is 1. The zero-order chi connectivity index (χ0) is 17.9. The summed E-state index contributed by atoms with van der Waals surface area (Å²) >= 11 is 0. The minimum Gasteiger partial charge on any atom is -0.480 e. The Morgan fingerprint density at radius 2 is 2.00 bits per heavy atom. The number of carbonyl (C=O) groups is 1. The molecule has 0 aliphatic rings. The van der Waals surface area contributed by atoms with Crippen molar-refractivity contribution in [3.63, 3.8) is 0 Å². The van der Waals surface area contributed by atoms with Gasteiger partial charge in [0, 0.05) is 6.07 Å². The quantitative estimate of drug-likeness (QED) is 0.571. The van der Waals surface area contributed by atoms with Crippen LogP contribution in [0.5, 0.6) is 0 Å². The van der Waals surface area contributed by atoms with E-state index in [2.05, 4.69) is 0 Å². The second kappa shape index (κ2) is 7.01. The number of hydrogen-bond acceptors (Lipinski definition) is 5. The maximum Gasteiger partial charge on any atom is 0.321 e. The van der Waals surface area contributed by atoms with Crippen LogP contribution in [-0.2, 0) is 14.8 Å². The van der Waals surface area contributed by atoms with Crippen LogP contribution < -0.4 is 4.72 Å². The number of nitrogens with one attached hydrogen (secondary N) is 1. The van der Waals surface area contributed by atoms with Gasteiger partial charge in [-0.2, -0.15) is 4.72 Å². The zero-order valence-electron chi connectivity index (χ0n) is 12.7. The molecule has 0 aliphatic heterocycles. The molecule has 0 aliphatic carbocycles. The maximum atomic E-state index is 13.7. The molecule has 128 valence electrons. The number of carboxylic acids is 1.